The average molecular weight is 385 g/mol. The molecule has 0 N–H and O–H groups in total. The zero-order valence-corrected chi connectivity index (χ0v) is 15.8. The number of hydrogen-bond donors (Lipinski definition) is 0. The Bertz CT molecular complexity index is 1310. The molecule has 5 rings (SSSR count). The first kappa shape index (κ1) is 14.9. The van der Waals surface area contributed by atoms with Crippen LogP contribution in [0.5, 0.6) is 0 Å². The van der Waals surface area contributed by atoms with Gasteiger partial charge in [-0.15, -0.1) is 0 Å². The molecular formula is C24H17Br. The van der Waals surface area contributed by atoms with Gasteiger partial charge in [0.1, 0.15) is 0 Å². The maximum atomic E-state index is 3.60. The van der Waals surface area contributed by atoms with E-state index in [2.05, 4.69) is 96.5 Å². The van der Waals surface area contributed by atoms with E-state index in [0.29, 0.717) is 0 Å². The fourth-order valence-corrected chi connectivity index (χ4v) is 4.42. The first-order valence-corrected chi connectivity index (χ1v) is 9.36. The molecular weight excluding hydrogens is 368 g/mol. The first-order valence-electron chi connectivity index (χ1n) is 8.56. The molecule has 1 heteroatoms. The van der Waals surface area contributed by atoms with E-state index in [1.165, 1.54) is 54.2 Å². The number of benzene rings is 5. The summed E-state index contributed by atoms with van der Waals surface area (Å²) in [6, 6.07) is 24.5. The van der Waals surface area contributed by atoms with Gasteiger partial charge in [-0.1, -0.05) is 46.3 Å². The molecule has 0 aromatic heterocycles. The van der Waals surface area contributed by atoms with Crippen LogP contribution >= 0.6 is 15.9 Å². The van der Waals surface area contributed by atoms with Gasteiger partial charge in [-0.05, 0) is 104 Å². The third kappa shape index (κ3) is 2.19. The van der Waals surface area contributed by atoms with Gasteiger partial charge in [-0.25, -0.2) is 0 Å². The van der Waals surface area contributed by atoms with Gasteiger partial charge >= 0.3 is 0 Å². The van der Waals surface area contributed by atoms with Crippen molar-refractivity contribution in [3.63, 3.8) is 0 Å². The number of aryl methyl sites for hydroxylation is 2. The highest BCUT2D eigenvalue weighted by atomic mass is 79.9. The number of rotatable bonds is 0. The molecule has 0 aliphatic carbocycles. The minimum atomic E-state index is 1.13. The third-order valence-corrected chi connectivity index (χ3v) is 5.93. The van der Waals surface area contributed by atoms with E-state index < -0.39 is 0 Å². The summed E-state index contributed by atoms with van der Waals surface area (Å²) < 4.78 is 1.13. The summed E-state index contributed by atoms with van der Waals surface area (Å²) in [5, 5.41) is 10.6. The molecule has 5 aromatic carbocycles. The molecule has 0 saturated heterocycles. The Morgan fingerprint density at radius 2 is 0.960 bits per heavy atom. The highest BCUT2D eigenvalue weighted by Gasteiger charge is 2.11. The maximum absolute atomic E-state index is 3.60. The van der Waals surface area contributed by atoms with Crippen molar-refractivity contribution in [2.75, 3.05) is 0 Å². The summed E-state index contributed by atoms with van der Waals surface area (Å²) in [4.78, 5) is 0. The van der Waals surface area contributed by atoms with Gasteiger partial charge < -0.3 is 0 Å². The molecule has 0 atom stereocenters. The van der Waals surface area contributed by atoms with Crippen molar-refractivity contribution in [2.45, 2.75) is 13.8 Å². The van der Waals surface area contributed by atoms with E-state index in [-0.39, 0.29) is 0 Å². The lowest BCUT2D eigenvalue weighted by atomic mass is 9.90. The fraction of sp³-hybridized carbons (Fsp3) is 0.0833. The van der Waals surface area contributed by atoms with Crippen molar-refractivity contribution in [2.24, 2.45) is 0 Å². The Morgan fingerprint density at radius 3 is 1.48 bits per heavy atom. The van der Waals surface area contributed by atoms with E-state index in [1.54, 1.807) is 0 Å². The highest BCUT2D eigenvalue weighted by molar-refractivity contribution is 9.10. The van der Waals surface area contributed by atoms with Crippen LogP contribution in [0.3, 0.4) is 0 Å². The van der Waals surface area contributed by atoms with Crippen molar-refractivity contribution in [3.8, 4) is 0 Å². The van der Waals surface area contributed by atoms with E-state index >= 15 is 0 Å². The molecule has 5 aromatic rings. The number of fused-ring (bicyclic) bond motifs is 4. The molecule has 0 fully saturated rings. The largest absolute Gasteiger partial charge is 0.0616 e. The van der Waals surface area contributed by atoms with Gasteiger partial charge in [0, 0.05) is 4.47 Å². The second-order valence-electron chi connectivity index (χ2n) is 6.88. The van der Waals surface area contributed by atoms with Crippen molar-refractivity contribution < 1.29 is 0 Å². The van der Waals surface area contributed by atoms with Crippen molar-refractivity contribution >= 4 is 59.0 Å². The Kier molecular flexibility index (Phi) is 3.17. The van der Waals surface area contributed by atoms with Crippen LogP contribution in [0, 0.1) is 13.8 Å². The molecule has 25 heavy (non-hydrogen) atoms. The lowest BCUT2D eigenvalue weighted by molar-refractivity contribution is 1.54. The van der Waals surface area contributed by atoms with E-state index in [0.717, 1.165) is 4.47 Å². The Morgan fingerprint density at radius 1 is 0.520 bits per heavy atom. The summed E-state index contributed by atoms with van der Waals surface area (Å²) in [5.74, 6) is 0. The van der Waals surface area contributed by atoms with Gasteiger partial charge in [0.2, 0.25) is 0 Å². The van der Waals surface area contributed by atoms with Crippen LogP contribution in [0.2, 0.25) is 0 Å². The minimum absolute atomic E-state index is 1.13. The standard InChI is InChI=1S/C24H17Br/c1-14-21-10-16-5-3-4-6-17(16)11-22(21)15(2)24-13-19-9-20(25)8-7-18(19)12-23(14)24/h3-13H,1-2H3. The molecule has 0 aliphatic rings. The normalized spacial score (nSPS) is 11.8. The second kappa shape index (κ2) is 5.31. The molecule has 120 valence electrons. The fourth-order valence-electron chi connectivity index (χ4n) is 4.04. The monoisotopic (exact) mass is 384 g/mol. The van der Waals surface area contributed by atoms with E-state index in [1.807, 2.05) is 0 Å². The van der Waals surface area contributed by atoms with Gasteiger partial charge in [-0.2, -0.15) is 0 Å². The van der Waals surface area contributed by atoms with Gasteiger partial charge in [0.05, 0.1) is 0 Å². The van der Waals surface area contributed by atoms with Gasteiger partial charge in [-0.3, -0.25) is 0 Å². The van der Waals surface area contributed by atoms with Crippen molar-refractivity contribution in [3.05, 3.63) is 82.3 Å². The maximum Gasteiger partial charge on any atom is 0.0181 e. The number of hydrogen-bond acceptors (Lipinski definition) is 0. The predicted octanol–water partition coefficient (Wildman–Crippen LogP) is 7.68. The van der Waals surface area contributed by atoms with Crippen LogP contribution in [-0.4, -0.2) is 0 Å². The molecule has 0 unspecified atom stereocenters. The average Bonchev–Trinajstić information content (AvgIpc) is 2.63. The lowest BCUT2D eigenvalue weighted by Crippen LogP contribution is -1.89. The SMILES string of the molecule is Cc1c2cc3ccccc3cc2c(C)c2cc3cc(Br)ccc3cc12. The zero-order chi connectivity index (χ0) is 17.1. The van der Waals surface area contributed by atoms with Crippen LogP contribution in [0.4, 0.5) is 0 Å². The van der Waals surface area contributed by atoms with Gasteiger partial charge in [0.25, 0.3) is 0 Å². The molecule has 0 nitrogen and oxygen atoms in total. The van der Waals surface area contributed by atoms with Crippen LogP contribution in [-0.2, 0) is 0 Å². The van der Waals surface area contributed by atoms with E-state index in [9.17, 15) is 0 Å². The quantitative estimate of drug-likeness (QED) is 0.240. The van der Waals surface area contributed by atoms with Crippen LogP contribution in [0.25, 0.3) is 43.1 Å². The second-order valence-corrected chi connectivity index (χ2v) is 7.80. The summed E-state index contributed by atoms with van der Waals surface area (Å²) in [6.45, 7) is 4.51. The summed E-state index contributed by atoms with van der Waals surface area (Å²) in [7, 11) is 0. The first-order chi connectivity index (χ1) is 12.1. The molecule has 0 radical (unpaired) electrons. The summed E-state index contributed by atoms with van der Waals surface area (Å²) >= 11 is 3.60. The smallest absolute Gasteiger partial charge is 0.0181 e. The molecule has 0 bridgehead atoms. The lowest BCUT2D eigenvalue weighted by Gasteiger charge is -2.14. The van der Waals surface area contributed by atoms with Crippen molar-refractivity contribution in [1.82, 2.24) is 0 Å². The van der Waals surface area contributed by atoms with Crippen molar-refractivity contribution in [1.29, 1.82) is 0 Å². The topological polar surface area (TPSA) is 0 Å². The molecule has 0 aliphatic heterocycles. The number of halogens is 1. The van der Waals surface area contributed by atoms with E-state index in [4.69, 9.17) is 0 Å². The third-order valence-electron chi connectivity index (χ3n) is 5.44. The molecule has 0 saturated carbocycles. The summed E-state index contributed by atoms with van der Waals surface area (Å²) in [6.07, 6.45) is 0. The van der Waals surface area contributed by atoms with Crippen LogP contribution in [0.15, 0.2) is 71.2 Å². The molecule has 0 spiro atoms. The highest BCUT2D eigenvalue weighted by Crippen LogP contribution is 2.37. The Balaban J connectivity index is 2.01. The van der Waals surface area contributed by atoms with Crippen LogP contribution in [0.1, 0.15) is 11.1 Å². The summed E-state index contributed by atoms with van der Waals surface area (Å²) in [5.41, 5.74) is 2.73. The minimum Gasteiger partial charge on any atom is -0.0616 e. The Labute approximate surface area is 155 Å². The zero-order valence-electron chi connectivity index (χ0n) is 14.2. The van der Waals surface area contributed by atoms with Crippen LogP contribution < -0.4 is 0 Å². The molecule has 0 amide bonds. The van der Waals surface area contributed by atoms with Gasteiger partial charge in [0.15, 0.2) is 0 Å². The Hall–Kier alpha value is -2.38. The predicted molar refractivity (Wildman–Crippen MR) is 114 cm³/mol. The molecule has 0 heterocycles.